The normalized spacial score (nSPS) is 11.7. The summed E-state index contributed by atoms with van der Waals surface area (Å²) in [6.07, 6.45) is -4.76. The molecule has 1 heterocycles. The third kappa shape index (κ3) is 2.81. The Morgan fingerprint density at radius 1 is 1.24 bits per heavy atom. The second kappa shape index (κ2) is 4.16. The number of para-hydroxylation sites is 1. The standard InChI is InChI=1S/C12H8F3NO/c13-12(14,15)6-11(17)9-5-8-3-1-2-4-10(8)16-7-9/h1-5,7H,6H2. The zero-order chi connectivity index (χ0) is 12.5. The third-order valence-electron chi connectivity index (χ3n) is 2.27. The van der Waals surface area contributed by atoms with Gasteiger partial charge in [0.25, 0.3) is 0 Å². The van der Waals surface area contributed by atoms with Crippen LogP contribution in [0.15, 0.2) is 36.5 Å². The molecule has 0 N–H and O–H groups in total. The SMILES string of the molecule is O=C(CC(F)(F)F)c1cnc2ccccc2c1. The van der Waals surface area contributed by atoms with Crippen LogP contribution in [0.25, 0.3) is 10.9 Å². The maximum atomic E-state index is 12.1. The van der Waals surface area contributed by atoms with Gasteiger partial charge in [0.15, 0.2) is 5.78 Å². The zero-order valence-electron chi connectivity index (χ0n) is 8.66. The maximum Gasteiger partial charge on any atom is 0.396 e. The Hall–Kier alpha value is -1.91. The molecule has 17 heavy (non-hydrogen) atoms. The Morgan fingerprint density at radius 2 is 1.94 bits per heavy atom. The van der Waals surface area contributed by atoms with Gasteiger partial charge in [-0.1, -0.05) is 18.2 Å². The van der Waals surface area contributed by atoms with Crippen LogP contribution >= 0.6 is 0 Å². The lowest BCUT2D eigenvalue weighted by Crippen LogP contribution is -2.15. The second-order valence-electron chi connectivity index (χ2n) is 3.63. The number of aromatic nitrogens is 1. The monoisotopic (exact) mass is 239 g/mol. The van der Waals surface area contributed by atoms with Crippen LogP contribution in [0.5, 0.6) is 0 Å². The largest absolute Gasteiger partial charge is 0.396 e. The second-order valence-corrected chi connectivity index (χ2v) is 3.63. The number of pyridine rings is 1. The fourth-order valence-electron chi connectivity index (χ4n) is 1.51. The lowest BCUT2D eigenvalue weighted by Gasteiger charge is -2.05. The van der Waals surface area contributed by atoms with Crippen LogP contribution in [0, 0.1) is 0 Å². The fourth-order valence-corrected chi connectivity index (χ4v) is 1.51. The van der Waals surface area contributed by atoms with Gasteiger partial charge in [-0.3, -0.25) is 9.78 Å². The molecule has 0 aliphatic carbocycles. The van der Waals surface area contributed by atoms with E-state index in [2.05, 4.69) is 4.98 Å². The first kappa shape index (κ1) is 11.6. The Bertz CT molecular complexity index is 563. The molecule has 0 amide bonds. The lowest BCUT2D eigenvalue weighted by atomic mass is 10.1. The number of carbonyl (C=O) groups excluding carboxylic acids is 1. The van der Waals surface area contributed by atoms with Crippen LogP contribution in [0.3, 0.4) is 0 Å². The van der Waals surface area contributed by atoms with Crippen LogP contribution in [-0.4, -0.2) is 16.9 Å². The molecule has 0 radical (unpaired) electrons. The van der Waals surface area contributed by atoms with Crippen molar-refractivity contribution in [2.24, 2.45) is 0 Å². The number of fused-ring (bicyclic) bond motifs is 1. The van der Waals surface area contributed by atoms with Crippen molar-refractivity contribution >= 4 is 16.7 Å². The van der Waals surface area contributed by atoms with Crippen molar-refractivity contribution in [3.8, 4) is 0 Å². The summed E-state index contributed by atoms with van der Waals surface area (Å²) in [4.78, 5) is 15.3. The van der Waals surface area contributed by atoms with Crippen LogP contribution in [0.4, 0.5) is 13.2 Å². The Kier molecular flexibility index (Phi) is 2.83. The number of halogens is 3. The van der Waals surface area contributed by atoms with Gasteiger partial charge < -0.3 is 0 Å². The van der Waals surface area contributed by atoms with E-state index >= 15 is 0 Å². The zero-order valence-corrected chi connectivity index (χ0v) is 8.66. The van der Waals surface area contributed by atoms with Crippen molar-refractivity contribution in [1.82, 2.24) is 4.98 Å². The molecule has 2 rings (SSSR count). The average molecular weight is 239 g/mol. The highest BCUT2D eigenvalue weighted by molar-refractivity contribution is 5.99. The van der Waals surface area contributed by atoms with Crippen molar-refractivity contribution in [3.05, 3.63) is 42.1 Å². The lowest BCUT2D eigenvalue weighted by molar-refractivity contribution is -0.125. The van der Waals surface area contributed by atoms with Gasteiger partial charge in [0.1, 0.15) is 6.42 Å². The summed E-state index contributed by atoms with van der Waals surface area (Å²) in [5.41, 5.74) is 0.636. The fraction of sp³-hybridized carbons (Fsp3) is 0.167. The molecule has 0 bridgehead atoms. The van der Waals surface area contributed by atoms with E-state index in [0.717, 1.165) is 0 Å². The molecule has 0 fully saturated rings. The quantitative estimate of drug-likeness (QED) is 0.752. The summed E-state index contributed by atoms with van der Waals surface area (Å²) in [7, 11) is 0. The minimum Gasteiger partial charge on any atom is -0.294 e. The molecular weight excluding hydrogens is 231 g/mol. The van der Waals surface area contributed by atoms with Crippen molar-refractivity contribution in [1.29, 1.82) is 0 Å². The summed E-state index contributed by atoms with van der Waals surface area (Å²) < 4.78 is 36.2. The number of nitrogens with zero attached hydrogens (tertiary/aromatic N) is 1. The maximum absolute atomic E-state index is 12.1. The Labute approximate surface area is 95.1 Å². The van der Waals surface area contributed by atoms with Crippen molar-refractivity contribution in [2.45, 2.75) is 12.6 Å². The molecule has 2 nitrogen and oxygen atoms in total. The molecule has 0 saturated heterocycles. The van der Waals surface area contributed by atoms with Gasteiger partial charge in [-0.25, -0.2) is 0 Å². The minimum atomic E-state index is -4.48. The first-order chi connectivity index (χ1) is 7.96. The van der Waals surface area contributed by atoms with Gasteiger partial charge >= 0.3 is 6.18 Å². The van der Waals surface area contributed by atoms with Crippen LogP contribution in [0.2, 0.25) is 0 Å². The highest BCUT2D eigenvalue weighted by Gasteiger charge is 2.31. The van der Waals surface area contributed by atoms with E-state index in [1.54, 1.807) is 24.3 Å². The molecule has 0 spiro atoms. The first-order valence-electron chi connectivity index (χ1n) is 4.90. The molecule has 88 valence electrons. The topological polar surface area (TPSA) is 30.0 Å². The van der Waals surface area contributed by atoms with Crippen molar-refractivity contribution in [3.63, 3.8) is 0 Å². The summed E-state index contributed by atoms with van der Waals surface area (Å²) in [5, 5.41) is 0.653. The molecule has 0 unspecified atom stereocenters. The van der Waals surface area contributed by atoms with Gasteiger partial charge in [-0.2, -0.15) is 13.2 Å². The Morgan fingerprint density at radius 3 is 2.65 bits per heavy atom. The van der Waals surface area contributed by atoms with Crippen LogP contribution in [0.1, 0.15) is 16.8 Å². The summed E-state index contributed by atoms with van der Waals surface area (Å²) in [5.74, 6) is -0.962. The van der Waals surface area contributed by atoms with E-state index in [1.165, 1.54) is 12.3 Å². The van der Waals surface area contributed by atoms with Gasteiger partial charge in [0.05, 0.1) is 5.52 Å². The number of ketones is 1. The highest BCUT2D eigenvalue weighted by Crippen LogP contribution is 2.23. The molecule has 1 aromatic heterocycles. The van der Waals surface area contributed by atoms with E-state index in [9.17, 15) is 18.0 Å². The van der Waals surface area contributed by atoms with E-state index < -0.39 is 18.4 Å². The van der Waals surface area contributed by atoms with Gasteiger partial charge in [0, 0.05) is 17.1 Å². The number of hydrogen-bond acceptors (Lipinski definition) is 2. The van der Waals surface area contributed by atoms with E-state index in [0.29, 0.717) is 10.9 Å². The van der Waals surface area contributed by atoms with Gasteiger partial charge in [-0.15, -0.1) is 0 Å². The Balaban J connectivity index is 2.33. The number of alkyl halides is 3. The van der Waals surface area contributed by atoms with Crippen molar-refractivity contribution in [2.75, 3.05) is 0 Å². The molecule has 0 saturated carbocycles. The minimum absolute atomic E-state index is 0.0129. The van der Waals surface area contributed by atoms with Gasteiger partial charge in [-0.05, 0) is 12.1 Å². The number of rotatable bonds is 2. The van der Waals surface area contributed by atoms with Gasteiger partial charge in [0.2, 0.25) is 0 Å². The number of Topliss-reactive ketones (excluding diaryl/α,β-unsaturated/α-hetero) is 1. The van der Waals surface area contributed by atoms with E-state index in [-0.39, 0.29) is 5.56 Å². The highest BCUT2D eigenvalue weighted by atomic mass is 19.4. The number of hydrogen-bond donors (Lipinski definition) is 0. The average Bonchev–Trinajstić information content (AvgIpc) is 2.26. The first-order valence-corrected chi connectivity index (χ1v) is 4.90. The molecule has 0 aliphatic rings. The molecule has 2 aromatic rings. The summed E-state index contributed by atoms with van der Waals surface area (Å²) in [6, 6.07) is 8.37. The molecule has 5 heteroatoms. The number of carbonyl (C=O) groups is 1. The smallest absolute Gasteiger partial charge is 0.294 e. The summed E-state index contributed by atoms with van der Waals surface area (Å²) in [6.45, 7) is 0. The molecule has 0 aliphatic heterocycles. The molecule has 1 aromatic carbocycles. The summed E-state index contributed by atoms with van der Waals surface area (Å²) >= 11 is 0. The van der Waals surface area contributed by atoms with E-state index in [4.69, 9.17) is 0 Å². The molecule has 0 atom stereocenters. The predicted molar refractivity (Wildman–Crippen MR) is 56.7 cm³/mol. The number of benzene rings is 1. The third-order valence-corrected chi connectivity index (χ3v) is 2.27. The van der Waals surface area contributed by atoms with Crippen LogP contribution < -0.4 is 0 Å². The van der Waals surface area contributed by atoms with Crippen molar-refractivity contribution < 1.29 is 18.0 Å². The van der Waals surface area contributed by atoms with E-state index in [1.807, 2.05) is 0 Å². The predicted octanol–water partition coefficient (Wildman–Crippen LogP) is 3.37. The molecular formula is C12H8F3NO. The van der Waals surface area contributed by atoms with Crippen LogP contribution in [-0.2, 0) is 0 Å².